The van der Waals surface area contributed by atoms with Crippen LogP contribution in [0, 0.1) is 0 Å². The van der Waals surface area contributed by atoms with Crippen molar-refractivity contribution >= 4 is 0 Å². The predicted octanol–water partition coefficient (Wildman–Crippen LogP) is -0.284. The van der Waals surface area contributed by atoms with Gasteiger partial charge >= 0.3 is 0 Å². The van der Waals surface area contributed by atoms with Crippen LogP contribution in [0.5, 0.6) is 0 Å². The van der Waals surface area contributed by atoms with Gasteiger partial charge in [-0.05, 0) is 13.7 Å². The van der Waals surface area contributed by atoms with Crippen LogP contribution in [0.25, 0.3) is 0 Å². The summed E-state index contributed by atoms with van der Waals surface area (Å²) in [5.74, 6) is 0. The average molecular weight is 97.2 g/mol. The molecule has 0 aromatic carbocycles. The molecular formula is C4H11NO. The molecule has 0 radical (unpaired) electrons. The van der Waals surface area contributed by atoms with E-state index in [1.54, 1.807) is 0 Å². The van der Waals surface area contributed by atoms with Crippen molar-refractivity contribution in [1.82, 2.24) is 0 Å². The molecule has 2 nitrogen and oxygen atoms in total. The summed E-state index contributed by atoms with van der Waals surface area (Å²) in [7, 11) is 0. The van der Waals surface area contributed by atoms with E-state index in [1.165, 1.54) is 0 Å². The summed E-state index contributed by atoms with van der Waals surface area (Å²) >= 11 is 0. The molecule has 0 fully saturated rings. The van der Waals surface area contributed by atoms with Crippen LogP contribution in [0.2, 0.25) is 0 Å². The number of aliphatic hydroxyl groups is 1. The van der Waals surface area contributed by atoms with Gasteiger partial charge in [-0.1, -0.05) is 0 Å². The van der Waals surface area contributed by atoms with Gasteiger partial charge in [-0.25, -0.2) is 0 Å². The second kappa shape index (κ2) is 1.58. The lowest BCUT2D eigenvalue weighted by atomic mass is 10.1. The van der Waals surface area contributed by atoms with E-state index in [0.717, 1.165) is 0 Å². The smallest absolute Gasteiger partial charge is 0.0605 e. The molecular weight excluding hydrogens is 78.0 g/mol. The van der Waals surface area contributed by atoms with Crippen molar-refractivity contribution in [3.05, 3.63) is 0 Å². The molecule has 0 aliphatic carbocycles. The molecule has 0 saturated carbocycles. The monoisotopic (exact) mass is 97.1 g/mol. The molecule has 0 unspecified atom stereocenters. The van der Waals surface area contributed by atoms with E-state index in [9.17, 15) is 0 Å². The first-order valence-corrected chi connectivity index (χ1v) is 1.26. The molecule has 0 aliphatic rings. The number of rotatable bonds is 1. The molecule has 0 aromatic rings. The van der Waals surface area contributed by atoms with E-state index < -0.39 is 25.8 Å². The molecule has 0 rings (SSSR count). The topological polar surface area (TPSA) is 46.2 Å². The summed E-state index contributed by atoms with van der Waals surface area (Å²) in [6.45, 7) is -10.2. The fourth-order valence-corrected chi connectivity index (χ4v) is 0. The molecule has 6 heavy (non-hydrogen) atoms. The maximum absolute atomic E-state index is 8.90. The largest absolute Gasteiger partial charge is 0.394 e. The fraction of sp³-hybridized carbons (Fsp3) is 1.00. The van der Waals surface area contributed by atoms with Crippen LogP contribution in [0.4, 0.5) is 0 Å². The number of nitrogens with two attached hydrogens (primary N) is 1. The van der Waals surface area contributed by atoms with Crippen molar-refractivity contribution in [3.63, 3.8) is 0 Å². The molecule has 3 N–H and O–H groups in total. The standard InChI is InChI=1S/C4H11NO/c1-4(2,5)3-6/h6H,3,5H2,1-2H3/i1D3,2D3,3D2. The molecule has 0 atom stereocenters. The van der Waals surface area contributed by atoms with Crippen molar-refractivity contribution in [2.75, 3.05) is 6.56 Å². The molecule has 0 saturated heterocycles. The molecule has 0 spiro atoms. The lowest BCUT2D eigenvalue weighted by Crippen LogP contribution is -2.35. The van der Waals surface area contributed by atoms with Gasteiger partial charge in [-0.3, -0.25) is 0 Å². The fourth-order valence-electron chi connectivity index (χ4n) is 0. The van der Waals surface area contributed by atoms with E-state index >= 15 is 0 Å². The van der Waals surface area contributed by atoms with Gasteiger partial charge in [0.05, 0.1) is 9.30 Å². The SMILES string of the molecule is [2H]C([2H])([2H])C(N)(C([2H])([2H])[2H])C([2H])([2H])O. The van der Waals surface area contributed by atoms with Gasteiger partial charge in [-0.15, -0.1) is 0 Å². The third-order valence-electron chi connectivity index (χ3n) is 0.176. The van der Waals surface area contributed by atoms with Crippen molar-refractivity contribution in [1.29, 1.82) is 0 Å². The minimum Gasteiger partial charge on any atom is -0.394 e. The zero-order valence-corrected chi connectivity index (χ0v) is 3.02. The summed E-state index contributed by atoms with van der Waals surface area (Å²) in [5.41, 5.74) is 1.68. The van der Waals surface area contributed by atoms with Crippen LogP contribution in [0.1, 0.15) is 24.7 Å². The normalized spacial score (nSPS) is 38.3. The Morgan fingerprint density at radius 3 is 2.67 bits per heavy atom. The van der Waals surface area contributed by atoms with Crippen LogP contribution in [-0.2, 0) is 0 Å². The van der Waals surface area contributed by atoms with Crippen molar-refractivity contribution in [2.45, 2.75) is 19.2 Å². The van der Waals surface area contributed by atoms with Crippen LogP contribution >= 0.6 is 0 Å². The summed E-state index contributed by atoms with van der Waals surface area (Å²) < 4.78 is 54.6. The zero-order valence-electron chi connectivity index (χ0n) is 11.0. The summed E-state index contributed by atoms with van der Waals surface area (Å²) in [6, 6.07) is 0. The van der Waals surface area contributed by atoms with E-state index in [-0.39, 0.29) is 0 Å². The third kappa shape index (κ3) is 3.92. The highest BCUT2D eigenvalue weighted by Crippen LogP contribution is 1.89. The zero-order chi connectivity index (χ0) is 12.0. The molecule has 2 heteroatoms. The van der Waals surface area contributed by atoms with Gasteiger partial charge in [0, 0.05) is 13.8 Å². The Bertz CT molecular complexity index is 175. The minimum atomic E-state index is -3.52. The molecule has 0 amide bonds. The molecule has 0 heterocycles. The Kier molecular flexibility index (Phi) is 0.226. The maximum Gasteiger partial charge on any atom is 0.0605 e. The molecule has 0 aromatic heterocycles. The van der Waals surface area contributed by atoms with Gasteiger partial charge in [0.15, 0.2) is 0 Å². The number of hydrogen-bond donors (Lipinski definition) is 2. The predicted molar refractivity (Wildman–Crippen MR) is 25.4 cm³/mol. The van der Waals surface area contributed by atoms with E-state index in [0.29, 0.717) is 0 Å². The second-order valence-corrected chi connectivity index (χ2v) is 0.920. The minimum absolute atomic E-state index is 3.30. The van der Waals surface area contributed by atoms with Gasteiger partial charge in [0.25, 0.3) is 0 Å². The Balaban J connectivity index is 5.54. The van der Waals surface area contributed by atoms with Crippen LogP contribution < -0.4 is 5.73 Å². The Labute approximate surface area is 49.2 Å². The van der Waals surface area contributed by atoms with Gasteiger partial charge in [-0.2, -0.15) is 0 Å². The van der Waals surface area contributed by atoms with Crippen LogP contribution in [0.3, 0.4) is 0 Å². The summed E-state index contributed by atoms with van der Waals surface area (Å²) in [6.07, 6.45) is 0. The van der Waals surface area contributed by atoms with E-state index in [2.05, 4.69) is 0 Å². The lowest BCUT2D eigenvalue weighted by Gasteiger charge is -2.12. The summed E-state index contributed by atoms with van der Waals surface area (Å²) in [5, 5.41) is 8.90. The first-order chi connectivity index (χ1) is 5.75. The average Bonchev–Trinajstić information content (AvgIpc) is 1.77. The van der Waals surface area contributed by atoms with Crippen molar-refractivity contribution < 1.29 is 16.1 Å². The maximum atomic E-state index is 8.90. The lowest BCUT2D eigenvalue weighted by molar-refractivity contribution is 0.221. The molecule has 0 aliphatic heterocycles. The van der Waals surface area contributed by atoms with E-state index in [1.807, 2.05) is 0 Å². The van der Waals surface area contributed by atoms with Gasteiger partial charge in [0.1, 0.15) is 0 Å². The highest BCUT2D eigenvalue weighted by atomic mass is 16.3. The highest BCUT2D eigenvalue weighted by Gasteiger charge is 2.05. The Hall–Kier alpha value is -0.0800. The number of hydrogen-bond acceptors (Lipinski definition) is 2. The highest BCUT2D eigenvalue weighted by molar-refractivity contribution is 4.67. The van der Waals surface area contributed by atoms with Gasteiger partial charge < -0.3 is 10.8 Å². The van der Waals surface area contributed by atoms with E-state index in [4.69, 9.17) is 21.8 Å². The van der Waals surface area contributed by atoms with Crippen molar-refractivity contribution in [2.24, 2.45) is 5.73 Å². The van der Waals surface area contributed by atoms with Gasteiger partial charge in [0.2, 0.25) is 0 Å². The van der Waals surface area contributed by atoms with Crippen LogP contribution in [0.15, 0.2) is 0 Å². The summed E-state index contributed by atoms with van der Waals surface area (Å²) in [4.78, 5) is 0. The van der Waals surface area contributed by atoms with Crippen molar-refractivity contribution in [3.8, 4) is 0 Å². The van der Waals surface area contributed by atoms with Crippen LogP contribution in [-0.4, -0.2) is 17.2 Å². The quantitative estimate of drug-likeness (QED) is 0.472. The first kappa shape index (κ1) is 0.858. The first-order valence-electron chi connectivity index (χ1n) is 5.26. The molecule has 0 bridgehead atoms. The molecule has 38 valence electrons. The Morgan fingerprint density at radius 1 is 2.17 bits per heavy atom. The third-order valence-corrected chi connectivity index (χ3v) is 0.176. The second-order valence-electron chi connectivity index (χ2n) is 0.920. The Morgan fingerprint density at radius 2 is 2.67 bits per heavy atom.